The second-order valence-electron chi connectivity index (χ2n) is 5.16. The molecule has 1 saturated heterocycles. The van der Waals surface area contributed by atoms with Gasteiger partial charge in [-0.2, -0.15) is 0 Å². The molecular formula is C15H19N3O4. The number of aromatic carboxylic acids is 1. The number of likely N-dealkylation sites (tertiary alicyclic amines) is 1. The predicted molar refractivity (Wildman–Crippen MR) is 79.4 cm³/mol. The number of hydrogen-bond acceptors (Lipinski definition) is 3. The molecule has 1 aromatic carbocycles. The number of carboxylic acids is 1. The Hall–Kier alpha value is -2.57. The van der Waals surface area contributed by atoms with Crippen LogP contribution in [0.5, 0.6) is 0 Å². The van der Waals surface area contributed by atoms with Gasteiger partial charge in [0.15, 0.2) is 0 Å². The Morgan fingerprint density at radius 3 is 2.55 bits per heavy atom. The highest BCUT2D eigenvalue weighted by Crippen LogP contribution is 2.10. The van der Waals surface area contributed by atoms with E-state index >= 15 is 0 Å². The fraction of sp³-hybridized carbons (Fsp3) is 0.400. The van der Waals surface area contributed by atoms with Crippen LogP contribution in [0.1, 0.15) is 29.3 Å². The molecule has 1 aromatic rings. The Morgan fingerprint density at radius 2 is 2.00 bits per heavy atom. The second-order valence-corrected chi connectivity index (χ2v) is 5.16. The minimum absolute atomic E-state index is 0.0528. The van der Waals surface area contributed by atoms with Gasteiger partial charge >= 0.3 is 12.0 Å². The summed E-state index contributed by atoms with van der Waals surface area (Å²) in [6.45, 7) is 3.38. The topological polar surface area (TPSA) is 98.7 Å². The molecule has 118 valence electrons. The van der Waals surface area contributed by atoms with E-state index in [0.717, 1.165) is 5.56 Å². The summed E-state index contributed by atoms with van der Waals surface area (Å²) in [5.41, 5.74) is 1.01. The van der Waals surface area contributed by atoms with Gasteiger partial charge in [0.2, 0.25) is 5.91 Å². The van der Waals surface area contributed by atoms with E-state index in [4.69, 9.17) is 5.11 Å². The van der Waals surface area contributed by atoms with Crippen LogP contribution in [-0.2, 0) is 11.3 Å². The van der Waals surface area contributed by atoms with Crippen LogP contribution in [0.25, 0.3) is 0 Å². The maximum Gasteiger partial charge on any atom is 0.335 e. The van der Waals surface area contributed by atoms with E-state index in [1.54, 1.807) is 17.0 Å². The molecule has 1 atom stereocenters. The van der Waals surface area contributed by atoms with Crippen LogP contribution in [0.2, 0.25) is 0 Å². The average molecular weight is 305 g/mol. The van der Waals surface area contributed by atoms with Crippen molar-refractivity contribution in [2.45, 2.75) is 25.9 Å². The summed E-state index contributed by atoms with van der Waals surface area (Å²) in [5, 5.41) is 14.3. The largest absolute Gasteiger partial charge is 0.478 e. The van der Waals surface area contributed by atoms with Crippen molar-refractivity contribution in [3.63, 3.8) is 0 Å². The molecule has 0 spiro atoms. The smallest absolute Gasteiger partial charge is 0.335 e. The summed E-state index contributed by atoms with van der Waals surface area (Å²) in [4.78, 5) is 35.8. The summed E-state index contributed by atoms with van der Waals surface area (Å²) in [7, 11) is 0. The van der Waals surface area contributed by atoms with Gasteiger partial charge in [-0.25, -0.2) is 9.59 Å². The van der Waals surface area contributed by atoms with E-state index < -0.39 is 5.97 Å². The van der Waals surface area contributed by atoms with Gasteiger partial charge in [-0.1, -0.05) is 12.1 Å². The lowest BCUT2D eigenvalue weighted by Crippen LogP contribution is -2.43. The number of benzene rings is 1. The van der Waals surface area contributed by atoms with Crippen molar-refractivity contribution in [1.29, 1.82) is 0 Å². The summed E-state index contributed by atoms with van der Waals surface area (Å²) in [6, 6.07) is 5.79. The van der Waals surface area contributed by atoms with Gasteiger partial charge in [0.1, 0.15) is 0 Å². The Kier molecular flexibility index (Phi) is 4.98. The first-order valence-corrected chi connectivity index (χ1v) is 7.14. The molecule has 1 aliphatic heterocycles. The van der Waals surface area contributed by atoms with Crippen molar-refractivity contribution in [1.82, 2.24) is 15.5 Å². The van der Waals surface area contributed by atoms with Crippen molar-refractivity contribution < 1.29 is 19.5 Å². The first kappa shape index (κ1) is 15.8. The number of nitrogens with zero attached hydrogens (tertiary/aromatic N) is 1. The number of carbonyl (C=O) groups excluding carboxylic acids is 2. The molecule has 0 aromatic heterocycles. The Balaban J connectivity index is 1.78. The molecule has 0 bridgehead atoms. The molecule has 3 N–H and O–H groups in total. The van der Waals surface area contributed by atoms with Gasteiger partial charge in [-0.05, 0) is 24.6 Å². The number of urea groups is 1. The van der Waals surface area contributed by atoms with Crippen molar-refractivity contribution in [3.8, 4) is 0 Å². The predicted octanol–water partition coefficient (Wildman–Crippen LogP) is 0.805. The van der Waals surface area contributed by atoms with Crippen LogP contribution in [0.4, 0.5) is 4.79 Å². The summed E-state index contributed by atoms with van der Waals surface area (Å²) >= 11 is 0. The average Bonchev–Trinajstić information content (AvgIpc) is 2.85. The zero-order chi connectivity index (χ0) is 16.1. The number of nitrogens with one attached hydrogen (secondary N) is 2. The lowest BCUT2D eigenvalue weighted by Gasteiger charge is -2.15. The summed E-state index contributed by atoms with van der Waals surface area (Å²) in [5.74, 6) is -0.930. The van der Waals surface area contributed by atoms with Crippen LogP contribution >= 0.6 is 0 Å². The number of amides is 3. The highest BCUT2D eigenvalue weighted by atomic mass is 16.4. The molecule has 22 heavy (non-hydrogen) atoms. The van der Waals surface area contributed by atoms with Crippen LogP contribution in [-0.4, -0.2) is 47.0 Å². The number of carbonyl (C=O) groups is 3. The Morgan fingerprint density at radius 1 is 1.32 bits per heavy atom. The van der Waals surface area contributed by atoms with E-state index in [1.807, 2.05) is 6.92 Å². The molecule has 1 heterocycles. The Labute approximate surface area is 128 Å². The highest BCUT2D eigenvalue weighted by Gasteiger charge is 2.29. The maximum atomic E-state index is 11.8. The normalized spacial score (nSPS) is 17.4. The third-order valence-electron chi connectivity index (χ3n) is 3.59. The van der Waals surface area contributed by atoms with E-state index in [1.165, 1.54) is 12.1 Å². The fourth-order valence-electron chi connectivity index (χ4n) is 2.36. The third kappa shape index (κ3) is 3.97. The zero-order valence-corrected chi connectivity index (χ0v) is 12.3. The lowest BCUT2D eigenvalue weighted by atomic mass is 10.1. The molecule has 2 rings (SSSR count). The van der Waals surface area contributed by atoms with Crippen molar-refractivity contribution in [3.05, 3.63) is 35.4 Å². The fourth-order valence-corrected chi connectivity index (χ4v) is 2.36. The van der Waals surface area contributed by atoms with Gasteiger partial charge in [-0.3, -0.25) is 4.79 Å². The van der Waals surface area contributed by atoms with Crippen LogP contribution in [0.3, 0.4) is 0 Å². The monoisotopic (exact) mass is 305 g/mol. The van der Waals surface area contributed by atoms with Gasteiger partial charge < -0.3 is 20.6 Å². The molecule has 1 fully saturated rings. The zero-order valence-electron chi connectivity index (χ0n) is 12.3. The van der Waals surface area contributed by atoms with Gasteiger partial charge in [0.05, 0.1) is 11.6 Å². The van der Waals surface area contributed by atoms with Gasteiger partial charge in [-0.15, -0.1) is 0 Å². The summed E-state index contributed by atoms with van der Waals surface area (Å²) in [6.07, 6.45) is 0.328. The standard InChI is InChI=1S/C15H19N3O4/c1-2-18-9-12(7-13(18)19)17-15(22)16-8-10-3-5-11(6-4-10)14(20)21/h3-6,12H,2,7-9H2,1H3,(H,20,21)(H2,16,17,22). The quantitative estimate of drug-likeness (QED) is 0.749. The second kappa shape index (κ2) is 6.93. The van der Waals surface area contributed by atoms with Crippen LogP contribution in [0, 0.1) is 0 Å². The number of rotatable bonds is 5. The molecule has 7 heteroatoms. The molecule has 0 radical (unpaired) electrons. The molecule has 1 aliphatic rings. The summed E-state index contributed by atoms with van der Waals surface area (Å²) < 4.78 is 0. The molecule has 7 nitrogen and oxygen atoms in total. The van der Waals surface area contributed by atoms with Crippen molar-refractivity contribution in [2.24, 2.45) is 0 Å². The molecule has 0 saturated carbocycles. The van der Waals surface area contributed by atoms with Gasteiger partial charge in [0.25, 0.3) is 0 Å². The molecular weight excluding hydrogens is 286 g/mol. The minimum atomic E-state index is -0.983. The van der Waals surface area contributed by atoms with Crippen molar-refractivity contribution in [2.75, 3.05) is 13.1 Å². The number of likely N-dealkylation sites (N-methyl/N-ethyl adjacent to an activating group) is 1. The molecule has 3 amide bonds. The maximum absolute atomic E-state index is 11.8. The number of hydrogen-bond donors (Lipinski definition) is 3. The number of carboxylic acid groups (broad SMARTS) is 1. The van der Waals surface area contributed by atoms with E-state index in [2.05, 4.69) is 10.6 Å². The lowest BCUT2D eigenvalue weighted by molar-refractivity contribution is -0.127. The third-order valence-corrected chi connectivity index (χ3v) is 3.59. The first-order chi connectivity index (χ1) is 10.5. The van der Waals surface area contributed by atoms with Crippen LogP contribution < -0.4 is 10.6 Å². The van der Waals surface area contributed by atoms with Crippen molar-refractivity contribution >= 4 is 17.9 Å². The van der Waals surface area contributed by atoms with E-state index in [9.17, 15) is 14.4 Å². The van der Waals surface area contributed by atoms with Crippen LogP contribution in [0.15, 0.2) is 24.3 Å². The Bertz CT molecular complexity index is 571. The minimum Gasteiger partial charge on any atom is -0.478 e. The SMILES string of the molecule is CCN1CC(NC(=O)NCc2ccc(C(=O)O)cc2)CC1=O. The molecule has 0 aliphatic carbocycles. The molecule has 1 unspecified atom stereocenters. The first-order valence-electron chi connectivity index (χ1n) is 7.14. The van der Waals surface area contributed by atoms with Gasteiger partial charge in [0, 0.05) is 26.1 Å². The van der Waals surface area contributed by atoms with E-state index in [-0.39, 0.29) is 23.5 Å². The highest BCUT2D eigenvalue weighted by molar-refractivity contribution is 5.87. The van der Waals surface area contributed by atoms with E-state index in [0.29, 0.717) is 26.1 Å².